The van der Waals surface area contributed by atoms with Crippen LogP contribution in [0.5, 0.6) is 0 Å². The van der Waals surface area contributed by atoms with E-state index in [1.165, 1.54) is 6.92 Å². The van der Waals surface area contributed by atoms with Crippen molar-refractivity contribution in [2.45, 2.75) is 18.4 Å². The van der Waals surface area contributed by atoms with Gasteiger partial charge in [0, 0.05) is 9.13 Å². The summed E-state index contributed by atoms with van der Waals surface area (Å²) in [4.78, 5) is 3.34. The smallest absolute Gasteiger partial charge is 0.234 e. The van der Waals surface area contributed by atoms with Crippen molar-refractivity contribution in [1.29, 1.82) is 0 Å². The molecule has 0 aliphatic carbocycles. The first-order valence-corrected chi connectivity index (χ1v) is 6.34. The number of aromatic nitrogens is 1. The fourth-order valence-corrected chi connectivity index (χ4v) is 2.49. The summed E-state index contributed by atoms with van der Waals surface area (Å²) in [5, 5.41) is 4.36. The maximum atomic E-state index is 12.3. The average Bonchev–Trinajstić information content (AvgIpc) is 2.06. The molecule has 2 N–H and O–H groups in total. The number of alkyl halides is 2. The largest absolute Gasteiger partial charge is 0.280 e. The molecular formula is C7H7F2IN2O2S. The zero-order chi connectivity index (χ0) is 11.8. The molecule has 0 saturated heterocycles. The standard InChI is InChI=1S/C7H7F2IN2O2S/c1-3-4(10)2-5(6(8)9)12-7(3)15(11,13)14/h2,6H,1H3,(H2,11,13,14). The summed E-state index contributed by atoms with van der Waals surface area (Å²) in [7, 11) is -4.06. The molecule has 1 rings (SSSR count). The zero-order valence-corrected chi connectivity index (χ0v) is 10.5. The molecule has 8 heteroatoms. The summed E-state index contributed by atoms with van der Waals surface area (Å²) >= 11 is 1.76. The molecule has 0 fully saturated rings. The van der Waals surface area contributed by atoms with Crippen molar-refractivity contribution in [2.24, 2.45) is 5.14 Å². The number of hydrogen-bond acceptors (Lipinski definition) is 3. The van der Waals surface area contributed by atoms with Crippen molar-refractivity contribution < 1.29 is 17.2 Å². The quantitative estimate of drug-likeness (QED) is 0.825. The van der Waals surface area contributed by atoms with E-state index in [1.807, 2.05) is 0 Å². The Bertz CT molecular complexity index is 490. The molecule has 0 saturated carbocycles. The van der Waals surface area contributed by atoms with E-state index in [0.29, 0.717) is 3.57 Å². The van der Waals surface area contributed by atoms with Crippen LogP contribution in [0.25, 0.3) is 0 Å². The van der Waals surface area contributed by atoms with Crippen LogP contribution < -0.4 is 5.14 Å². The summed E-state index contributed by atoms with van der Waals surface area (Å²) in [5.41, 5.74) is -0.309. The summed E-state index contributed by atoms with van der Waals surface area (Å²) in [5.74, 6) is 0. The van der Waals surface area contributed by atoms with Crippen LogP contribution in [0.15, 0.2) is 11.1 Å². The third-order valence-electron chi connectivity index (χ3n) is 1.68. The predicted octanol–water partition coefficient (Wildman–Crippen LogP) is 1.58. The molecule has 0 aliphatic heterocycles. The number of nitrogens with zero attached hydrogens (tertiary/aromatic N) is 1. The van der Waals surface area contributed by atoms with Gasteiger partial charge in [0.25, 0.3) is 16.4 Å². The molecule has 1 heterocycles. The van der Waals surface area contributed by atoms with Crippen molar-refractivity contribution in [3.05, 3.63) is 20.9 Å². The number of sulfonamides is 1. The first-order valence-electron chi connectivity index (χ1n) is 3.71. The second-order valence-corrected chi connectivity index (χ2v) is 5.44. The van der Waals surface area contributed by atoms with Gasteiger partial charge in [-0.15, -0.1) is 0 Å². The number of rotatable bonds is 2. The minimum Gasteiger partial charge on any atom is -0.234 e. The Balaban J connectivity index is 3.52. The van der Waals surface area contributed by atoms with Crippen molar-refractivity contribution in [3.8, 4) is 0 Å². The van der Waals surface area contributed by atoms with Crippen molar-refractivity contribution in [1.82, 2.24) is 4.98 Å². The highest BCUT2D eigenvalue weighted by atomic mass is 127. The molecule has 0 unspecified atom stereocenters. The summed E-state index contributed by atoms with van der Waals surface area (Å²) in [6, 6.07) is 1.13. The molecule has 0 bridgehead atoms. The Morgan fingerprint density at radius 2 is 2.07 bits per heavy atom. The number of primary sulfonamides is 1. The third kappa shape index (κ3) is 2.82. The van der Waals surface area contributed by atoms with Gasteiger partial charge in [0.15, 0.2) is 5.03 Å². The van der Waals surface area contributed by atoms with E-state index in [0.717, 1.165) is 6.07 Å². The van der Waals surface area contributed by atoms with Crippen molar-refractivity contribution in [2.75, 3.05) is 0 Å². The van der Waals surface area contributed by atoms with Gasteiger partial charge in [0.2, 0.25) is 0 Å². The Hall–Kier alpha value is -0.350. The van der Waals surface area contributed by atoms with Gasteiger partial charge >= 0.3 is 0 Å². The number of pyridine rings is 1. The third-order valence-corrected chi connectivity index (χ3v) is 3.73. The highest BCUT2D eigenvalue weighted by Crippen LogP contribution is 2.24. The molecule has 0 aromatic carbocycles. The van der Waals surface area contributed by atoms with E-state index >= 15 is 0 Å². The molecule has 1 aromatic rings. The van der Waals surface area contributed by atoms with Crippen LogP contribution in [0.1, 0.15) is 17.7 Å². The molecular weight excluding hydrogens is 341 g/mol. The first kappa shape index (κ1) is 12.7. The Labute approximate surface area is 99.1 Å². The van der Waals surface area contributed by atoms with Gasteiger partial charge in [-0.1, -0.05) is 0 Å². The maximum Gasteiger partial charge on any atom is 0.280 e. The highest BCUT2D eigenvalue weighted by molar-refractivity contribution is 14.1. The lowest BCUT2D eigenvalue weighted by Crippen LogP contribution is -2.17. The SMILES string of the molecule is Cc1c(I)cc(C(F)F)nc1S(N)(=O)=O. The highest BCUT2D eigenvalue weighted by Gasteiger charge is 2.20. The minimum atomic E-state index is -4.06. The molecule has 0 spiro atoms. The zero-order valence-electron chi connectivity index (χ0n) is 7.54. The van der Waals surface area contributed by atoms with E-state index in [9.17, 15) is 17.2 Å². The normalized spacial score (nSPS) is 12.1. The van der Waals surface area contributed by atoms with Gasteiger partial charge in [-0.2, -0.15) is 0 Å². The topological polar surface area (TPSA) is 73.0 Å². The van der Waals surface area contributed by atoms with Crippen LogP contribution >= 0.6 is 22.6 Å². The van der Waals surface area contributed by atoms with E-state index in [1.54, 1.807) is 22.6 Å². The lowest BCUT2D eigenvalue weighted by atomic mass is 10.3. The Kier molecular flexibility index (Phi) is 3.61. The van der Waals surface area contributed by atoms with Crippen LogP contribution in [0.2, 0.25) is 0 Å². The van der Waals surface area contributed by atoms with Gasteiger partial charge in [0.05, 0.1) is 0 Å². The fourth-order valence-electron chi connectivity index (χ4n) is 0.962. The Morgan fingerprint density at radius 3 is 2.47 bits per heavy atom. The van der Waals surface area contributed by atoms with Gasteiger partial charge in [-0.25, -0.2) is 27.3 Å². The average molecular weight is 348 g/mol. The van der Waals surface area contributed by atoms with Crippen LogP contribution in [0, 0.1) is 10.5 Å². The van der Waals surface area contributed by atoms with Gasteiger partial charge in [0.1, 0.15) is 5.69 Å². The molecule has 0 amide bonds. The van der Waals surface area contributed by atoms with Crippen LogP contribution in [0.4, 0.5) is 8.78 Å². The molecule has 4 nitrogen and oxygen atoms in total. The summed E-state index contributed by atoms with van der Waals surface area (Å²) in [6.45, 7) is 1.46. The van der Waals surface area contributed by atoms with Gasteiger partial charge in [-0.05, 0) is 35.6 Å². The van der Waals surface area contributed by atoms with Gasteiger partial charge < -0.3 is 0 Å². The second kappa shape index (κ2) is 4.26. The minimum absolute atomic E-state index is 0.280. The van der Waals surface area contributed by atoms with Gasteiger partial charge in [-0.3, -0.25) is 0 Å². The molecule has 1 aromatic heterocycles. The van der Waals surface area contributed by atoms with Crippen LogP contribution in [-0.2, 0) is 10.0 Å². The second-order valence-electron chi connectivity index (χ2n) is 2.80. The van der Waals surface area contributed by atoms with Crippen LogP contribution in [0.3, 0.4) is 0 Å². The molecule has 15 heavy (non-hydrogen) atoms. The predicted molar refractivity (Wildman–Crippen MR) is 58.0 cm³/mol. The van der Waals surface area contributed by atoms with E-state index in [4.69, 9.17) is 5.14 Å². The number of hydrogen-bond donors (Lipinski definition) is 1. The maximum absolute atomic E-state index is 12.3. The lowest BCUT2D eigenvalue weighted by Gasteiger charge is -2.07. The first-order chi connectivity index (χ1) is 6.73. The van der Waals surface area contributed by atoms with E-state index in [-0.39, 0.29) is 5.56 Å². The van der Waals surface area contributed by atoms with Crippen molar-refractivity contribution in [3.63, 3.8) is 0 Å². The lowest BCUT2D eigenvalue weighted by molar-refractivity contribution is 0.145. The molecule has 0 radical (unpaired) electrons. The fraction of sp³-hybridized carbons (Fsp3) is 0.286. The van der Waals surface area contributed by atoms with E-state index in [2.05, 4.69) is 4.98 Å². The van der Waals surface area contributed by atoms with E-state index < -0.39 is 27.2 Å². The summed E-state index contributed by atoms with van der Waals surface area (Å²) in [6.07, 6.45) is -2.82. The number of halogens is 3. The molecule has 0 aliphatic rings. The monoisotopic (exact) mass is 348 g/mol. The Morgan fingerprint density at radius 1 is 1.53 bits per heavy atom. The number of nitrogens with two attached hydrogens (primary N) is 1. The molecule has 84 valence electrons. The van der Waals surface area contributed by atoms with Crippen molar-refractivity contribution >= 4 is 32.6 Å². The molecule has 0 atom stereocenters. The van der Waals surface area contributed by atoms with Crippen LogP contribution in [-0.4, -0.2) is 13.4 Å². The summed E-state index contributed by atoms with van der Waals surface area (Å²) < 4.78 is 47.2.